The average Bonchev–Trinajstić information content (AvgIpc) is 2.31. The summed E-state index contributed by atoms with van der Waals surface area (Å²) >= 11 is 0. The number of rotatable bonds is 10. The predicted octanol–water partition coefficient (Wildman–Crippen LogP) is 2.37. The molecule has 4 heteroatoms. The van der Waals surface area contributed by atoms with Crippen molar-refractivity contribution < 1.29 is 19.7 Å². The van der Waals surface area contributed by atoms with E-state index in [1.807, 2.05) is 0 Å². The number of unbranched alkanes of at least 4 members (excludes halogenated alkanes) is 2. The molecule has 0 saturated heterocycles. The smallest absolute Gasteiger partial charge is 0.0745 e. The summed E-state index contributed by atoms with van der Waals surface area (Å²) in [5.41, 5.74) is 0. The molecule has 0 aliphatic carbocycles. The molecule has 0 aromatic heterocycles. The van der Waals surface area contributed by atoms with Gasteiger partial charge in [0.05, 0.1) is 25.4 Å². The molecule has 0 aromatic rings. The van der Waals surface area contributed by atoms with Crippen LogP contribution in [-0.2, 0) is 9.47 Å². The second-order valence-corrected chi connectivity index (χ2v) is 4.55. The van der Waals surface area contributed by atoms with Gasteiger partial charge in [-0.1, -0.05) is 26.7 Å². The van der Waals surface area contributed by atoms with Crippen molar-refractivity contribution in [2.45, 2.75) is 65.6 Å². The van der Waals surface area contributed by atoms with E-state index in [1.54, 1.807) is 13.8 Å². The number of ether oxygens (including phenoxy) is 2. The summed E-state index contributed by atoms with van der Waals surface area (Å²) in [6, 6.07) is 0. The van der Waals surface area contributed by atoms with E-state index >= 15 is 0 Å². The number of hydrogen-bond donors (Lipinski definition) is 2. The minimum Gasteiger partial charge on any atom is -0.391 e. The minimum atomic E-state index is -0.318. The quantitative estimate of drug-likeness (QED) is 0.595. The minimum absolute atomic E-state index is 0.318. The van der Waals surface area contributed by atoms with Gasteiger partial charge in [0, 0.05) is 13.2 Å². The molecule has 0 bridgehead atoms. The first-order chi connectivity index (χ1) is 8.54. The van der Waals surface area contributed by atoms with Crippen molar-refractivity contribution in [1.82, 2.24) is 0 Å². The second kappa shape index (κ2) is 16.8. The standard InChI is InChI=1S/2C7H16O2/c2*1-3-4-5-9-6-7(2)8/h2*7-8H,3-6H2,1-2H3. The molecule has 18 heavy (non-hydrogen) atoms. The van der Waals surface area contributed by atoms with Crippen LogP contribution in [-0.4, -0.2) is 48.8 Å². The molecule has 0 fully saturated rings. The Morgan fingerprint density at radius 3 is 1.33 bits per heavy atom. The Labute approximate surface area is 112 Å². The van der Waals surface area contributed by atoms with Crippen LogP contribution in [0, 0.1) is 0 Å². The molecule has 0 saturated carbocycles. The van der Waals surface area contributed by atoms with Crippen LogP contribution in [0.15, 0.2) is 0 Å². The van der Waals surface area contributed by atoms with E-state index < -0.39 is 0 Å². The van der Waals surface area contributed by atoms with Crippen molar-refractivity contribution in [3.05, 3.63) is 0 Å². The van der Waals surface area contributed by atoms with Crippen LogP contribution >= 0.6 is 0 Å². The Balaban J connectivity index is 0. The molecule has 0 heterocycles. The Hall–Kier alpha value is -0.160. The summed E-state index contributed by atoms with van der Waals surface area (Å²) in [6.07, 6.45) is 3.85. The fourth-order valence-electron chi connectivity index (χ4n) is 1.00. The van der Waals surface area contributed by atoms with Crippen molar-refractivity contribution >= 4 is 0 Å². The maximum absolute atomic E-state index is 8.73. The molecule has 0 amide bonds. The average molecular weight is 264 g/mol. The molecule has 0 aliphatic rings. The molecular formula is C14H32O4. The predicted molar refractivity (Wildman–Crippen MR) is 74.8 cm³/mol. The zero-order chi connectivity index (χ0) is 14.2. The molecule has 2 unspecified atom stereocenters. The highest BCUT2D eigenvalue weighted by molar-refractivity contribution is 4.41. The molecule has 112 valence electrons. The third-order valence-corrected chi connectivity index (χ3v) is 2.00. The molecule has 0 spiro atoms. The van der Waals surface area contributed by atoms with Gasteiger partial charge in [-0.2, -0.15) is 0 Å². The van der Waals surface area contributed by atoms with Crippen LogP contribution in [0.5, 0.6) is 0 Å². The monoisotopic (exact) mass is 264 g/mol. The van der Waals surface area contributed by atoms with Crippen LogP contribution in [0.25, 0.3) is 0 Å². The van der Waals surface area contributed by atoms with Gasteiger partial charge in [-0.25, -0.2) is 0 Å². The molecule has 4 nitrogen and oxygen atoms in total. The van der Waals surface area contributed by atoms with E-state index in [4.69, 9.17) is 19.7 Å². The van der Waals surface area contributed by atoms with Crippen molar-refractivity contribution in [3.63, 3.8) is 0 Å². The molecular weight excluding hydrogens is 232 g/mol. The SMILES string of the molecule is CCCCOCC(C)O.CCCCOCC(C)O. The van der Waals surface area contributed by atoms with Gasteiger partial charge in [0.1, 0.15) is 0 Å². The lowest BCUT2D eigenvalue weighted by atomic mass is 10.4. The third kappa shape index (κ3) is 24.9. The van der Waals surface area contributed by atoms with Crippen LogP contribution in [0.2, 0.25) is 0 Å². The van der Waals surface area contributed by atoms with Crippen LogP contribution in [0.3, 0.4) is 0 Å². The van der Waals surface area contributed by atoms with Gasteiger partial charge in [-0.05, 0) is 26.7 Å². The fraction of sp³-hybridized carbons (Fsp3) is 1.00. The lowest BCUT2D eigenvalue weighted by Gasteiger charge is -2.03. The van der Waals surface area contributed by atoms with Gasteiger partial charge in [-0.3, -0.25) is 0 Å². The number of hydrogen-bond acceptors (Lipinski definition) is 4. The molecule has 0 rings (SSSR count). The second-order valence-electron chi connectivity index (χ2n) is 4.55. The van der Waals surface area contributed by atoms with Gasteiger partial charge < -0.3 is 19.7 Å². The van der Waals surface area contributed by atoms with E-state index in [-0.39, 0.29) is 12.2 Å². The third-order valence-electron chi connectivity index (χ3n) is 2.00. The maximum Gasteiger partial charge on any atom is 0.0745 e. The van der Waals surface area contributed by atoms with Gasteiger partial charge >= 0.3 is 0 Å². The van der Waals surface area contributed by atoms with E-state index in [0.29, 0.717) is 13.2 Å². The lowest BCUT2D eigenvalue weighted by Crippen LogP contribution is -2.10. The normalized spacial score (nSPS) is 13.7. The Kier molecular flexibility index (Phi) is 18.9. The topological polar surface area (TPSA) is 58.9 Å². The van der Waals surface area contributed by atoms with Crippen LogP contribution in [0.1, 0.15) is 53.4 Å². The van der Waals surface area contributed by atoms with E-state index in [1.165, 1.54) is 0 Å². The first-order valence-corrected chi connectivity index (χ1v) is 7.06. The van der Waals surface area contributed by atoms with Crippen LogP contribution in [0.4, 0.5) is 0 Å². The van der Waals surface area contributed by atoms with Crippen molar-refractivity contribution in [1.29, 1.82) is 0 Å². The molecule has 2 N–H and O–H groups in total. The largest absolute Gasteiger partial charge is 0.391 e. The van der Waals surface area contributed by atoms with E-state index in [9.17, 15) is 0 Å². The summed E-state index contributed by atoms with van der Waals surface area (Å²) < 4.78 is 10.2. The highest BCUT2D eigenvalue weighted by Crippen LogP contribution is 1.89. The summed E-state index contributed by atoms with van der Waals surface area (Å²) in [5.74, 6) is 0. The summed E-state index contributed by atoms with van der Waals surface area (Å²) in [5, 5.41) is 17.5. The zero-order valence-electron chi connectivity index (χ0n) is 12.5. The van der Waals surface area contributed by atoms with Crippen molar-refractivity contribution in [3.8, 4) is 0 Å². The highest BCUT2D eigenvalue weighted by Gasteiger charge is 1.93. The number of aliphatic hydroxyl groups is 2. The van der Waals surface area contributed by atoms with Gasteiger partial charge in [0.15, 0.2) is 0 Å². The van der Waals surface area contributed by atoms with E-state index in [0.717, 1.165) is 38.9 Å². The first kappa shape index (κ1) is 20.2. The lowest BCUT2D eigenvalue weighted by molar-refractivity contribution is 0.0450. The number of aliphatic hydroxyl groups excluding tert-OH is 2. The van der Waals surface area contributed by atoms with Gasteiger partial charge in [0.2, 0.25) is 0 Å². The maximum atomic E-state index is 8.73. The van der Waals surface area contributed by atoms with Crippen molar-refractivity contribution in [2.24, 2.45) is 0 Å². The van der Waals surface area contributed by atoms with Crippen molar-refractivity contribution in [2.75, 3.05) is 26.4 Å². The van der Waals surface area contributed by atoms with E-state index in [2.05, 4.69) is 13.8 Å². The Morgan fingerprint density at radius 2 is 1.11 bits per heavy atom. The van der Waals surface area contributed by atoms with Gasteiger partial charge in [-0.15, -0.1) is 0 Å². The van der Waals surface area contributed by atoms with Gasteiger partial charge in [0.25, 0.3) is 0 Å². The highest BCUT2D eigenvalue weighted by atomic mass is 16.5. The summed E-state index contributed by atoms with van der Waals surface area (Å²) in [4.78, 5) is 0. The summed E-state index contributed by atoms with van der Waals surface area (Å²) in [6.45, 7) is 10.2. The molecule has 0 aliphatic heterocycles. The zero-order valence-corrected chi connectivity index (χ0v) is 12.5. The Bertz CT molecular complexity index is 122. The van der Waals surface area contributed by atoms with Crippen LogP contribution < -0.4 is 0 Å². The molecule has 0 radical (unpaired) electrons. The first-order valence-electron chi connectivity index (χ1n) is 7.06. The Morgan fingerprint density at radius 1 is 0.778 bits per heavy atom. The molecule has 2 atom stereocenters. The fourth-order valence-corrected chi connectivity index (χ4v) is 1.00. The summed E-state index contributed by atoms with van der Waals surface area (Å²) in [7, 11) is 0. The molecule has 0 aromatic carbocycles.